The van der Waals surface area contributed by atoms with Crippen molar-refractivity contribution < 1.29 is 14.3 Å². The molecule has 116 valence electrons. The van der Waals surface area contributed by atoms with Crippen molar-refractivity contribution in [1.82, 2.24) is 15.3 Å². The van der Waals surface area contributed by atoms with Crippen LogP contribution in [0.5, 0.6) is 5.88 Å². The Balaban J connectivity index is 2.24. The topological polar surface area (TPSA) is 76.6 Å². The highest BCUT2D eigenvalue weighted by Crippen LogP contribution is 2.25. The second-order valence-electron chi connectivity index (χ2n) is 4.97. The van der Waals surface area contributed by atoms with Crippen molar-refractivity contribution in [1.29, 1.82) is 0 Å². The molecule has 0 radical (unpaired) electrons. The molecule has 1 aromatic heterocycles. The third-order valence-corrected chi connectivity index (χ3v) is 3.56. The van der Waals surface area contributed by atoms with Crippen molar-refractivity contribution in [3.05, 3.63) is 10.7 Å². The predicted molar refractivity (Wildman–Crippen MR) is 81.5 cm³/mol. The molecule has 1 aromatic rings. The van der Waals surface area contributed by atoms with E-state index in [0.29, 0.717) is 36.1 Å². The minimum atomic E-state index is -0.438. The molecule has 1 aliphatic heterocycles. The number of halogens is 1. The summed E-state index contributed by atoms with van der Waals surface area (Å²) in [5, 5.41) is 2.90. The molecule has 1 unspecified atom stereocenters. The lowest BCUT2D eigenvalue weighted by molar-refractivity contribution is -0.125. The highest BCUT2D eigenvalue weighted by atomic mass is 79.9. The normalized spacial score (nSPS) is 18.7. The zero-order valence-electron chi connectivity index (χ0n) is 12.3. The molecule has 2 rings (SSSR count). The molecule has 21 heavy (non-hydrogen) atoms. The lowest BCUT2D eigenvalue weighted by Crippen LogP contribution is -2.55. The van der Waals surface area contributed by atoms with Crippen LogP contribution in [0.2, 0.25) is 0 Å². The van der Waals surface area contributed by atoms with Gasteiger partial charge in [-0.25, -0.2) is 4.98 Å². The van der Waals surface area contributed by atoms with Crippen LogP contribution in [-0.4, -0.2) is 54.8 Å². The zero-order valence-corrected chi connectivity index (χ0v) is 13.9. The second-order valence-corrected chi connectivity index (χ2v) is 5.83. The summed E-state index contributed by atoms with van der Waals surface area (Å²) in [6.07, 6.45) is 1.62. The number of anilines is 1. The van der Waals surface area contributed by atoms with Gasteiger partial charge in [-0.15, -0.1) is 0 Å². The SMILES string of the molecule is COc1nc(N2CCOCC2C(=O)NC(C)C)ncc1Br. The Kier molecular flexibility index (Phi) is 5.35. The van der Waals surface area contributed by atoms with Gasteiger partial charge in [-0.05, 0) is 29.8 Å². The first-order valence-electron chi connectivity index (χ1n) is 6.74. The molecule has 1 aliphatic rings. The molecular weight excluding hydrogens is 340 g/mol. The van der Waals surface area contributed by atoms with Crippen LogP contribution < -0.4 is 15.0 Å². The average Bonchev–Trinajstić information content (AvgIpc) is 2.47. The zero-order chi connectivity index (χ0) is 15.4. The van der Waals surface area contributed by atoms with Crippen LogP contribution in [0.4, 0.5) is 5.95 Å². The fourth-order valence-corrected chi connectivity index (χ4v) is 2.42. The van der Waals surface area contributed by atoms with Crippen LogP contribution in [0.15, 0.2) is 10.7 Å². The molecule has 0 bridgehead atoms. The number of nitrogens with zero attached hydrogens (tertiary/aromatic N) is 3. The van der Waals surface area contributed by atoms with E-state index in [4.69, 9.17) is 9.47 Å². The summed E-state index contributed by atoms with van der Waals surface area (Å²) >= 11 is 3.32. The number of aromatic nitrogens is 2. The van der Waals surface area contributed by atoms with E-state index in [2.05, 4.69) is 31.2 Å². The third-order valence-electron chi connectivity index (χ3n) is 3.01. The van der Waals surface area contributed by atoms with Gasteiger partial charge in [-0.3, -0.25) is 4.79 Å². The van der Waals surface area contributed by atoms with Gasteiger partial charge in [-0.1, -0.05) is 0 Å². The summed E-state index contributed by atoms with van der Waals surface area (Å²) in [6, 6.07) is -0.367. The van der Waals surface area contributed by atoms with Crippen LogP contribution in [0.25, 0.3) is 0 Å². The number of morpholine rings is 1. The monoisotopic (exact) mass is 358 g/mol. The van der Waals surface area contributed by atoms with Crippen molar-refractivity contribution in [2.24, 2.45) is 0 Å². The Labute approximate surface area is 132 Å². The van der Waals surface area contributed by atoms with Crippen LogP contribution in [0.1, 0.15) is 13.8 Å². The van der Waals surface area contributed by atoms with E-state index in [9.17, 15) is 4.79 Å². The van der Waals surface area contributed by atoms with E-state index >= 15 is 0 Å². The number of hydrogen-bond acceptors (Lipinski definition) is 6. The maximum Gasteiger partial charge on any atom is 0.245 e. The predicted octanol–water partition coefficient (Wildman–Crippen LogP) is 0.978. The summed E-state index contributed by atoms with van der Waals surface area (Å²) in [6.45, 7) is 5.25. The molecular formula is C13H19BrN4O3. The van der Waals surface area contributed by atoms with Crippen LogP contribution in [0, 0.1) is 0 Å². The molecule has 1 saturated heterocycles. The molecule has 7 nitrogen and oxygen atoms in total. The fraction of sp³-hybridized carbons (Fsp3) is 0.615. The van der Waals surface area contributed by atoms with Gasteiger partial charge in [0, 0.05) is 12.6 Å². The van der Waals surface area contributed by atoms with E-state index in [1.54, 1.807) is 13.3 Å². The molecule has 0 aromatic carbocycles. The number of amides is 1. The fourth-order valence-electron chi connectivity index (χ4n) is 2.07. The van der Waals surface area contributed by atoms with Gasteiger partial charge in [-0.2, -0.15) is 4.98 Å². The number of carbonyl (C=O) groups excluding carboxylic acids is 1. The number of nitrogens with one attached hydrogen (secondary N) is 1. The number of rotatable bonds is 4. The average molecular weight is 359 g/mol. The van der Waals surface area contributed by atoms with E-state index in [-0.39, 0.29) is 11.9 Å². The van der Waals surface area contributed by atoms with Gasteiger partial charge < -0.3 is 19.7 Å². The Morgan fingerprint density at radius 3 is 3.05 bits per heavy atom. The minimum Gasteiger partial charge on any atom is -0.480 e. The van der Waals surface area contributed by atoms with E-state index in [1.807, 2.05) is 18.7 Å². The summed E-state index contributed by atoms with van der Waals surface area (Å²) < 4.78 is 11.3. The second kappa shape index (κ2) is 7.04. The Morgan fingerprint density at radius 1 is 1.62 bits per heavy atom. The van der Waals surface area contributed by atoms with Crippen LogP contribution in [-0.2, 0) is 9.53 Å². The smallest absolute Gasteiger partial charge is 0.245 e. The Morgan fingerprint density at radius 2 is 2.38 bits per heavy atom. The Bertz CT molecular complexity index is 512. The van der Waals surface area contributed by atoms with Gasteiger partial charge in [0.2, 0.25) is 17.7 Å². The van der Waals surface area contributed by atoms with E-state index < -0.39 is 6.04 Å². The number of methoxy groups -OCH3 is 1. The number of ether oxygens (including phenoxy) is 2. The maximum atomic E-state index is 12.3. The van der Waals surface area contributed by atoms with E-state index in [0.717, 1.165) is 0 Å². The van der Waals surface area contributed by atoms with Crippen molar-refractivity contribution >= 4 is 27.8 Å². The minimum absolute atomic E-state index is 0.0710. The van der Waals surface area contributed by atoms with Crippen molar-refractivity contribution in [2.45, 2.75) is 25.9 Å². The van der Waals surface area contributed by atoms with Crippen LogP contribution in [0.3, 0.4) is 0 Å². The highest BCUT2D eigenvalue weighted by Gasteiger charge is 2.31. The van der Waals surface area contributed by atoms with Gasteiger partial charge in [0.15, 0.2) is 0 Å². The van der Waals surface area contributed by atoms with Crippen molar-refractivity contribution in [2.75, 3.05) is 31.8 Å². The lowest BCUT2D eigenvalue weighted by atomic mass is 10.2. The molecule has 0 aliphatic carbocycles. The molecule has 1 atom stereocenters. The standard InChI is InChI=1S/C13H19BrN4O3/c1-8(2)16-11(19)10-7-21-5-4-18(10)13-15-6-9(14)12(17-13)20-3/h6,8,10H,4-5,7H2,1-3H3,(H,16,19). The molecule has 0 spiro atoms. The van der Waals surface area contributed by atoms with Crippen molar-refractivity contribution in [3.63, 3.8) is 0 Å². The summed E-state index contributed by atoms with van der Waals surface area (Å²) in [5.41, 5.74) is 0. The first-order chi connectivity index (χ1) is 10.0. The van der Waals surface area contributed by atoms with Gasteiger partial charge in [0.25, 0.3) is 0 Å². The molecule has 1 fully saturated rings. The highest BCUT2D eigenvalue weighted by molar-refractivity contribution is 9.10. The van der Waals surface area contributed by atoms with Gasteiger partial charge >= 0.3 is 0 Å². The maximum absolute atomic E-state index is 12.3. The Hall–Kier alpha value is -1.41. The first-order valence-corrected chi connectivity index (χ1v) is 7.53. The van der Waals surface area contributed by atoms with Crippen molar-refractivity contribution in [3.8, 4) is 5.88 Å². The van der Waals surface area contributed by atoms with Crippen LogP contribution >= 0.6 is 15.9 Å². The lowest BCUT2D eigenvalue weighted by Gasteiger charge is -2.35. The molecule has 1 amide bonds. The third kappa shape index (κ3) is 3.82. The quantitative estimate of drug-likeness (QED) is 0.864. The number of carbonyl (C=O) groups is 1. The molecule has 1 N–H and O–H groups in total. The number of hydrogen-bond donors (Lipinski definition) is 1. The van der Waals surface area contributed by atoms with Gasteiger partial charge in [0.1, 0.15) is 6.04 Å². The first kappa shape index (κ1) is 16.0. The summed E-state index contributed by atoms with van der Waals surface area (Å²) in [5.74, 6) is 0.812. The summed E-state index contributed by atoms with van der Waals surface area (Å²) in [4.78, 5) is 22.7. The van der Waals surface area contributed by atoms with E-state index in [1.165, 1.54) is 0 Å². The molecule has 0 saturated carbocycles. The largest absolute Gasteiger partial charge is 0.480 e. The van der Waals surface area contributed by atoms with Gasteiger partial charge in [0.05, 0.1) is 31.0 Å². The molecule has 2 heterocycles. The molecule has 8 heteroatoms. The summed E-state index contributed by atoms with van der Waals surface area (Å²) in [7, 11) is 1.54.